The van der Waals surface area contributed by atoms with E-state index in [0.717, 1.165) is 17.7 Å². The lowest BCUT2D eigenvalue weighted by molar-refractivity contribution is -0.0175. The van der Waals surface area contributed by atoms with Gasteiger partial charge in [0.1, 0.15) is 41.4 Å². The number of aromatic nitrogens is 3. The molecule has 0 aliphatic carbocycles. The van der Waals surface area contributed by atoms with E-state index in [9.17, 15) is 18.7 Å². The van der Waals surface area contributed by atoms with E-state index >= 15 is 0 Å². The van der Waals surface area contributed by atoms with E-state index in [-0.39, 0.29) is 18.7 Å². The maximum absolute atomic E-state index is 14.7. The highest BCUT2D eigenvalue weighted by Crippen LogP contribution is 2.28. The number of carbonyl (C=O) groups excluding carboxylic acids is 1. The van der Waals surface area contributed by atoms with Crippen LogP contribution in [0.3, 0.4) is 0 Å². The molecule has 0 saturated carbocycles. The minimum atomic E-state index is -1.71. The standard InChI is InChI=1S/C29H31F2N5O5/c1-35(17-29(38,18-36-20-32-19-33-36)26-11-8-23(30)15-27(26)31)16-21-4-2-5-25(14-21)41-13-3-12-40-24-9-6-22(7-10-24)28(37)34-39/h2,4-11,14-15,19-20,38-39H,3,12-13,16-18H2,1H3,(H,34,37). The molecule has 1 atom stereocenters. The van der Waals surface area contributed by atoms with Crippen molar-refractivity contribution in [2.75, 3.05) is 26.8 Å². The highest BCUT2D eigenvalue weighted by Gasteiger charge is 2.35. The largest absolute Gasteiger partial charge is 0.493 e. The summed E-state index contributed by atoms with van der Waals surface area (Å²) in [5.74, 6) is -0.907. The second-order valence-electron chi connectivity index (χ2n) is 9.58. The number of nitrogens with one attached hydrogen (secondary N) is 1. The molecule has 0 spiro atoms. The molecule has 1 unspecified atom stereocenters. The number of benzene rings is 3. The molecule has 10 nitrogen and oxygen atoms in total. The van der Waals surface area contributed by atoms with Crippen LogP contribution >= 0.6 is 0 Å². The zero-order valence-electron chi connectivity index (χ0n) is 22.4. The number of nitrogens with zero attached hydrogens (tertiary/aromatic N) is 4. The van der Waals surface area contributed by atoms with Gasteiger partial charge in [-0.15, -0.1) is 0 Å². The van der Waals surface area contributed by atoms with Crippen LogP contribution < -0.4 is 15.0 Å². The number of aliphatic hydroxyl groups is 1. The molecule has 1 aromatic heterocycles. The van der Waals surface area contributed by atoms with Gasteiger partial charge in [0.25, 0.3) is 5.91 Å². The van der Waals surface area contributed by atoms with Gasteiger partial charge in [-0.3, -0.25) is 14.9 Å². The first-order valence-corrected chi connectivity index (χ1v) is 12.8. The highest BCUT2D eigenvalue weighted by atomic mass is 19.1. The van der Waals surface area contributed by atoms with E-state index in [4.69, 9.17) is 14.7 Å². The Morgan fingerprint density at radius 3 is 2.49 bits per heavy atom. The lowest BCUT2D eigenvalue weighted by Crippen LogP contribution is -2.43. The first kappa shape index (κ1) is 29.6. The fraction of sp³-hybridized carbons (Fsp3) is 0.276. The van der Waals surface area contributed by atoms with Crippen LogP contribution in [0, 0.1) is 11.6 Å². The summed E-state index contributed by atoms with van der Waals surface area (Å²) >= 11 is 0. The Balaban J connectivity index is 1.30. The predicted molar refractivity (Wildman–Crippen MR) is 144 cm³/mol. The van der Waals surface area contributed by atoms with Crippen LogP contribution in [0.15, 0.2) is 79.4 Å². The molecule has 0 aliphatic heterocycles. The smallest absolute Gasteiger partial charge is 0.274 e. The van der Waals surface area contributed by atoms with Crippen molar-refractivity contribution in [1.29, 1.82) is 0 Å². The van der Waals surface area contributed by atoms with E-state index in [0.29, 0.717) is 43.2 Å². The Morgan fingerprint density at radius 1 is 1.05 bits per heavy atom. The number of hydrogen-bond donors (Lipinski definition) is 3. The van der Waals surface area contributed by atoms with Gasteiger partial charge in [-0.2, -0.15) is 5.10 Å². The van der Waals surface area contributed by atoms with Crippen LogP contribution in [-0.4, -0.2) is 62.7 Å². The lowest BCUT2D eigenvalue weighted by Gasteiger charge is -2.33. The lowest BCUT2D eigenvalue weighted by atomic mass is 9.92. The first-order chi connectivity index (χ1) is 19.8. The first-order valence-electron chi connectivity index (χ1n) is 12.8. The van der Waals surface area contributed by atoms with Crippen molar-refractivity contribution in [3.8, 4) is 11.5 Å². The quantitative estimate of drug-likeness (QED) is 0.120. The molecule has 3 N–H and O–H groups in total. The zero-order valence-corrected chi connectivity index (χ0v) is 22.4. The third-order valence-electron chi connectivity index (χ3n) is 6.25. The third kappa shape index (κ3) is 8.30. The van der Waals surface area contributed by atoms with Crippen molar-refractivity contribution >= 4 is 5.91 Å². The number of carbonyl (C=O) groups is 1. The maximum Gasteiger partial charge on any atom is 0.274 e. The molecule has 12 heteroatoms. The molecular formula is C29H31F2N5O5. The highest BCUT2D eigenvalue weighted by molar-refractivity contribution is 5.93. The number of ether oxygens (including phenoxy) is 2. The Morgan fingerprint density at radius 2 is 1.80 bits per heavy atom. The Labute approximate surface area is 235 Å². The molecule has 1 heterocycles. The van der Waals surface area contributed by atoms with E-state index in [1.807, 2.05) is 29.2 Å². The van der Waals surface area contributed by atoms with Gasteiger partial charge in [0.2, 0.25) is 0 Å². The molecule has 0 radical (unpaired) electrons. The summed E-state index contributed by atoms with van der Waals surface area (Å²) in [5, 5.41) is 24.3. The SMILES string of the molecule is CN(Cc1cccc(OCCCOc2ccc(C(=O)NO)cc2)c1)CC(O)(Cn1cncn1)c1ccc(F)cc1F. The molecular weight excluding hydrogens is 536 g/mol. The summed E-state index contributed by atoms with van der Waals surface area (Å²) in [4.78, 5) is 17.1. The zero-order chi connectivity index (χ0) is 29.2. The number of halogens is 2. The Hall–Kier alpha value is -4.39. The normalized spacial score (nSPS) is 12.6. The van der Waals surface area contributed by atoms with E-state index in [2.05, 4.69) is 10.1 Å². The van der Waals surface area contributed by atoms with Crippen molar-refractivity contribution in [3.05, 3.63) is 108 Å². The van der Waals surface area contributed by atoms with Crippen LogP contribution in [0.1, 0.15) is 27.9 Å². The maximum atomic E-state index is 14.7. The number of likely N-dealkylation sites (N-methyl/N-ethyl adjacent to an activating group) is 1. The van der Waals surface area contributed by atoms with Gasteiger partial charge in [-0.1, -0.05) is 18.2 Å². The molecule has 0 bridgehead atoms. The molecule has 0 saturated heterocycles. The molecule has 41 heavy (non-hydrogen) atoms. The van der Waals surface area contributed by atoms with Crippen molar-refractivity contribution < 1.29 is 33.4 Å². The fourth-order valence-electron chi connectivity index (χ4n) is 4.42. The summed E-state index contributed by atoms with van der Waals surface area (Å²) in [6.07, 6.45) is 3.36. The summed E-state index contributed by atoms with van der Waals surface area (Å²) in [7, 11) is 1.79. The van der Waals surface area contributed by atoms with Gasteiger partial charge in [0, 0.05) is 36.7 Å². The topological polar surface area (TPSA) is 122 Å². The second-order valence-corrected chi connectivity index (χ2v) is 9.58. The fourth-order valence-corrected chi connectivity index (χ4v) is 4.42. The minimum Gasteiger partial charge on any atom is -0.493 e. The van der Waals surface area contributed by atoms with Crippen molar-refractivity contribution in [3.63, 3.8) is 0 Å². The molecule has 0 fully saturated rings. The van der Waals surface area contributed by atoms with Gasteiger partial charge in [-0.25, -0.2) is 23.9 Å². The van der Waals surface area contributed by atoms with E-state index < -0.39 is 23.1 Å². The Bertz CT molecular complexity index is 1420. The van der Waals surface area contributed by atoms with Crippen LogP contribution in [0.4, 0.5) is 8.78 Å². The average Bonchev–Trinajstić information content (AvgIpc) is 3.45. The summed E-state index contributed by atoms with van der Waals surface area (Å²) < 4.78 is 41.2. The van der Waals surface area contributed by atoms with Gasteiger partial charge in [0.15, 0.2) is 0 Å². The van der Waals surface area contributed by atoms with Gasteiger partial charge in [-0.05, 0) is 55.1 Å². The molecule has 3 aromatic carbocycles. The van der Waals surface area contributed by atoms with Gasteiger partial charge >= 0.3 is 0 Å². The second kappa shape index (κ2) is 13.8. The molecule has 216 valence electrons. The van der Waals surface area contributed by atoms with Crippen LogP contribution in [0.2, 0.25) is 0 Å². The average molecular weight is 568 g/mol. The molecule has 4 aromatic rings. The van der Waals surface area contributed by atoms with E-state index in [1.165, 1.54) is 23.4 Å². The van der Waals surface area contributed by atoms with Gasteiger partial charge < -0.3 is 14.6 Å². The number of rotatable bonds is 14. The van der Waals surface area contributed by atoms with Crippen LogP contribution in [0.25, 0.3) is 0 Å². The molecule has 1 amide bonds. The number of hydrogen-bond acceptors (Lipinski definition) is 8. The van der Waals surface area contributed by atoms with E-state index in [1.54, 1.807) is 36.8 Å². The molecule has 4 rings (SSSR count). The third-order valence-corrected chi connectivity index (χ3v) is 6.25. The predicted octanol–water partition coefficient (Wildman–Crippen LogP) is 3.54. The van der Waals surface area contributed by atoms with Crippen molar-refractivity contribution in [2.24, 2.45) is 0 Å². The Kier molecular flexibility index (Phi) is 9.95. The number of hydroxylamine groups is 1. The summed E-state index contributed by atoms with van der Waals surface area (Å²) in [6.45, 7) is 1.19. The molecule has 0 aliphatic rings. The van der Waals surface area contributed by atoms with Crippen molar-refractivity contribution in [2.45, 2.75) is 25.1 Å². The number of amides is 1. The minimum absolute atomic E-state index is 0.0312. The summed E-state index contributed by atoms with van der Waals surface area (Å²) in [6, 6.07) is 17.0. The summed E-state index contributed by atoms with van der Waals surface area (Å²) in [5.41, 5.74) is 1.06. The van der Waals surface area contributed by atoms with Crippen molar-refractivity contribution in [1.82, 2.24) is 25.1 Å². The monoisotopic (exact) mass is 567 g/mol. The van der Waals surface area contributed by atoms with Crippen LogP contribution in [-0.2, 0) is 18.7 Å². The van der Waals surface area contributed by atoms with Crippen LogP contribution in [0.5, 0.6) is 11.5 Å². The van der Waals surface area contributed by atoms with Gasteiger partial charge in [0.05, 0.1) is 19.8 Å².